The van der Waals surface area contributed by atoms with Crippen LogP contribution in [0.1, 0.15) is 32.4 Å². The minimum Gasteiger partial charge on any atom is -0.348 e. The van der Waals surface area contributed by atoms with E-state index in [1.165, 1.54) is 0 Å². The van der Waals surface area contributed by atoms with Crippen molar-refractivity contribution < 1.29 is 9.59 Å². The van der Waals surface area contributed by atoms with Crippen LogP contribution in [-0.2, 0) is 9.59 Å². The van der Waals surface area contributed by atoms with Crippen LogP contribution in [-0.4, -0.2) is 24.4 Å². The summed E-state index contributed by atoms with van der Waals surface area (Å²) in [4.78, 5) is 23.5. The average Bonchev–Trinajstić information content (AvgIpc) is 2.44. The smallest absolute Gasteiger partial charge is 0.239 e. The maximum absolute atomic E-state index is 11.9. The molecule has 1 rings (SSSR count). The Morgan fingerprint density at radius 1 is 1.24 bits per heavy atom. The van der Waals surface area contributed by atoms with Crippen LogP contribution in [0.3, 0.4) is 0 Å². The molecule has 1 unspecified atom stereocenters. The summed E-state index contributed by atoms with van der Waals surface area (Å²) in [7, 11) is 0. The van der Waals surface area contributed by atoms with E-state index in [4.69, 9.17) is 5.73 Å². The van der Waals surface area contributed by atoms with E-state index < -0.39 is 6.04 Å². The number of amides is 2. The van der Waals surface area contributed by atoms with Crippen LogP contribution >= 0.6 is 15.9 Å². The summed E-state index contributed by atoms with van der Waals surface area (Å²) in [6, 6.07) is 6.92. The molecule has 6 heteroatoms. The first-order valence-electron chi connectivity index (χ1n) is 6.90. The molecule has 21 heavy (non-hydrogen) atoms. The van der Waals surface area contributed by atoms with Gasteiger partial charge in [0.2, 0.25) is 11.8 Å². The number of rotatable bonds is 6. The van der Waals surface area contributed by atoms with Gasteiger partial charge in [-0.15, -0.1) is 0 Å². The number of halogens is 1. The molecule has 4 N–H and O–H groups in total. The summed E-state index contributed by atoms with van der Waals surface area (Å²) in [5, 5.41) is 5.38. The van der Waals surface area contributed by atoms with Crippen LogP contribution in [0.25, 0.3) is 0 Å². The van der Waals surface area contributed by atoms with E-state index in [0.29, 0.717) is 0 Å². The zero-order chi connectivity index (χ0) is 16.0. The zero-order valence-corrected chi connectivity index (χ0v) is 14.1. The Labute approximate surface area is 133 Å². The molecule has 0 saturated carbocycles. The highest BCUT2D eigenvalue weighted by Gasteiger charge is 2.18. The fourth-order valence-corrected chi connectivity index (χ4v) is 2.41. The highest BCUT2D eigenvalue weighted by Crippen LogP contribution is 2.22. The lowest BCUT2D eigenvalue weighted by Crippen LogP contribution is -2.47. The van der Waals surface area contributed by atoms with Crippen molar-refractivity contribution in [2.75, 3.05) is 6.54 Å². The van der Waals surface area contributed by atoms with E-state index in [1.54, 1.807) is 0 Å². The molecule has 0 aliphatic carbocycles. The Kier molecular flexibility index (Phi) is 6.84. The van der Waals surface area contributed by atoms with Crippen LogP contribution in [0, 0.1) is 5.92 Å². The number of nitrogens with one attached hydrogen (secondary N) is 2. The predicted molar refractivity (Wildman–Crippen MR) is 86.5 cm³/mol. The van der Waals surface area contributed by atoms with E-state index in [-0.39, 0.29) is 30.3 Å². The molecule has 1 aromatic rings. The van der Waals surface area contributed by atoms with Crippen LogP contribution in [0.5, 0.6) is 0 Å². The Balaban J connectivity index is 2.48. The average molecular weight is 356 g/mol. The van der Waals surface area contributed by atoms with Crippen molar-refractivity contribution in [2.24, 2.45) is 11.7 Å². The first-order valence-corrected chi connectivity index (χ1v) is 7.69. The summed E-state index contributed by atoms with van der Waals surface area (Å²) >= 11 is 3.45. The second-order valence-corrected chi connectivity index (χ2v) is 6.15. The SMILES string of the molecule is CC(NC(=O)CNC(=O)[C@@H](N)C(C)C)c1ccccc1Br. The van der Waals surface area contributed by atoms with E-state index in [9.17, 15) is 9.59 Å². The fraction of sp³-hybridized carbons (Fsp3) is 0.467. The second-order valence-electron chi connectivity index (χ2n) is 5.30. The number of carbonyl (C=O) groups is 2. The van der Waals surface area contributed by atoms with Gasteiger partial charge >= 0.3 is 0 Å². The normalized spacial score (nSPS) is 13.6. The van der Waals surface area contributed by atoms with Gasteiger partial charge < -0.3 is 16.4 Å². The molecule has 0 aliphatic rings. The largest absolute Gasteiger partial charge is 0.348 e. The van der Waals surface area contributed by atoms with Gasteiger partial charge in [0, 0.05) is 4.47 Å². The predicted octanol–water partition coefficient (Wildman–Crippen LogP) is 1.73. The van der Waals surface area contributed by atoms with Gasteiger partial charge in [0.25, 0.3) is 0 Å². The maximum atomic E-state index is 11.9. The summed E-state index contributed by atoms with van der Waals surface area (Å²) in [5.74, 6) is -0.525. The molecule has 2 amide bonds. The third-order valence-electron chi connectivity index (χ3n) is 3.19. The summed E-state index contributed by atoms with van der Waals surface area (Å²) in [6.45, 7) is 5.53. The van der Waals surface area contributed by atoms with Crippen LogP contribution < -0.4 is 16.4 Å². The van der Waals surface area contributed by atoms with Crippen LogP contribution in [0.15, 0.2) is 28.7 Å². The van der Waals surface area contributed by atoms with E-state index in [0.717, 1.165) is 10.0 Å². The van der Waals surface area contributed by atoms with Crippen LogP contribution in [0.4, 0.5) is 0 Å². The molecule has 0 aromatic heterocycles. The quantitative estimate of drug-likeness (QED) is 0.726. The molecule has 0 bridgehead atoms. The monoisotopic (exact) mass is 355 g/mol. The van der Waals surface area contributed by atoms with Gasteiger partial charge in [-0.1, -0.05) is 48.0 Å². The first kappa shape index (κ1) is 17.7. The fourth-order valence-electron chi connectivity index (χ4n) is 1.78. The molecule has 0 fully saturated rings. The standard InChI is InChI=1S/C15H22BrN3O2/c1-9(2)14(17)15(21)18-8-13(20)19-10(3)11-6-4-5-7-12(11)16/h4-7,9-10,14H,8,17H2,1-3H3,(H,18,21)(H,19,20)/t10?,14-/m0/s1. The Bertz CT molecular complexity index is 505. The number of hydrogen-bond donors (Lipinski definition) is 3. The summed E-state index contributed by atoms with van der Waals surface area (Å²) in [6.07, 6.45) is 0. The minimum atomic E-state index is -0.599. The zero-order valence-electron chi connectivity index (χ0n) is 12.5. The van der Waals surface area contributed by atoms with Crippen molar-refractivity contribution in [1.82, 2.24) is 10.6 Å². The molecule has 116 valence electrons. The van der Waals surface area contributed by atoms with Gasteiger partial charge in [-0.05, 0) is 24.5 Å². The molecule has 0 heterocycles. The van der Waals surface area contributed by atoms with E-state index in [1.807, 2.05) is 45.0 Å². The van der Waals surface area contributed by atoms with Crippen LogP contribution in [0.2, 0.25) is 0 Å². The number of nitrogens with two attached hydrogens (primary N) is 1. The van der Waals surface area contributed by atoms with E-state index in [2.05, 4.69) is 26.6 Å². The van der Waals surface area contributed by atoms with Crippen molar-refractivity contribution in [3.8, 4) is 0 Å². The van der Waals surface area contributed by atoms with Crippen molar-refractivity contribution in [3.05, 3.63) is 34.3 Å². The molecular weight excluding hydrogens is 334 g/mol. The number of hydrogen-bond acceptors (Lipinski definition) is 3. The van der Waals surface area contributed by atoms with Gasteiger partial charge in [0.1, 0.15) is 0 Å². The van der Waals surface area contributed by atoms with Gasteiger partial charge in [-0.25, -0.2) is 0 Å². The third kappa shape index (κ3) is 5.47. The molecule has 0 saturated heterocycles. The molecule has 2 atom stereocenters. The minimum absolute atomic E-state index is 0.0345. The molecule has 1 aromatic carbocycles. The number of benzene rings is 1. The third-order valence-corrected chi connectivity index (χ3v) is 3.92. The van der Waals surface area contributed by atoms with Crippen molar-refractivity contribution in [1.29, 1.82) is 0 Å². The molecule has 0 spiro atoms. The summed E-state index contributed by atoms with van der Waals surface area (Å²) in [5.41, 5.74) is 6.69. The maximum Gasteiger partial charge on any atom is 0.239 e. The first-order chi connectivity index (χ1) is 9.82. The second kappa shape index (κ2) is 8.14. The number of carbonyl (C=O) groups excluding carboxylic acids is 2. The van der Waals surface area contributed by atoms with Gasteiger partial charge in [-0.3, -0.25) is 9.59 Å². The highest BCUT2D eigenvalue weighted by molar-refractivity contribution is 9.10. The highest BCUT2D eigenvalue weighted by atomic mass is 79.9. The lowest BCUT2D eigenvalue weighted by molar-refractivity contribution is -0.127. The van der Waals surface area contributed by atoms with Gasteiger partial charge in [0.05, 0.1) is 18.6 Å². The molecular formula is C15H22BrN3O2. The lowest BCUT2D eigenvalue weighted by Gasteiger charge is -2.18. The molecule has 5 nitrogen and oxygen atoms in total. The van der Waals surface area contributed by atoms with Gasteiger partial charge in [-0.2, -0.15) is 0 Å². The van der Waals surface area contributed by atoms with Crippen molar-refractivity contribution in [2.45, 2.75) is 32.9 Å². The van der Waals surface area contributed by atoms with Gasteiger partial charge in [0.15, 0.2) is 0 Å². The lowest BCUT2D eigenvalue weighted by atomic mass is 10.1. The Morgan fingerprint density at radius 2 is 1.86 bits per heavy atom. The van der Waals surface area contributed by atoms with Crippen molar-refractivity contribution in [3.63, 3.8) is 0 Å². The van der Waals surface area contributed by atoms with Crippen molar-refractivity contribution >= 4 is 27.7 Å². The van der Waals surface area contributed by atoms with E-state index >= 15 is 0 Å². The molecule has 0 aliphatic heterocycles. The Hall–Kier alpha value is -1.40. The molecule has 0 radical (unpaired) electrons. The Morgan fingerprint density at radius 3 is 2.43 bits per heavy atom. The topological polar surface area (TPSA) is 84.2 Å². The summed E-state index contributed by atoms with van der Waals surface area (Å²) < 4.78 is 0.934.